The summed E-state index contributed by atoms with van der Waals surface area (Å²) in [6.45, 7) is -0.138. The molecule has 0 saturated heterocycles. The molecular formula is C14H9N3O2. The molecule has 0 radical (unpaired) electrons. The topological polar surface area (TPSA) is 89.9 Å². The number of nitrogens with zero attached hydrogens (tertiary/aromatic N) is 3. The lowest BCUT2D eigenvalue weighted by Gasteiger charge is -2.08. The first kappa shape index (κ1) is 12.6. The standard InChI is InChI=1S/C14H9N3O2/c15-5-11-4-13(8-17-7-11)19-14-2-1-10(9-18)3-12(14)6-16/h1-4,7-8,18H,9H2. The molecule has 0 aliphatic carbocycles. The molecule has 2 rings (SSSR count). The minimum atomic E-state index is -0.138. The first-order chi connectivity index (χ1) is 9.26. The molecule has 0 saturated carbocycles. The smallest absolute Gasteiger partial charge is 0.147 e. The number of rotatable bonds is 3. The van der Waals surface area contributed by atoms with E-state index in [1.165, 1.54) is 18.5 Å². The lowest BCUT2D eigenvalue weighted by atomic mass is 10.1. The summed E-state index contributed by atoms with van der Waals surface area (Å²) in [5, 5.41) is 26.8. The number of pyridine rings is 1. The average molecular weight is 251 g/mol. The van der Waals surface area contributed by atoms with E-state index in [4.69, 9.17) is 20.4 Å². The highest BCUT2D eigenvalue weighted by molar-refractivity contribution is 5.47. The summed E-state index contributed by atoms with van der Waals surface area (Å²) in [7, 11) is 0. The first-order valence-electron chi connectivity index (χ1n) is 5.43. The van der Waals surface area contributed by atoms with Gasteiger partial charge in [-0.1, -0.05) is 6.07 Å². The maximum atomic E-state index is 9.04. The third-order valence-corrected chi connectivity index (χ3v) is 2.42. The second kappa shape index (κ2) is 5.63. The van der Waals surface area contributed by atoms with Gasteiger partial charge in [0.25, 0.3) is 0 Å². The molecule has 1 N–H and O–H groups in total. The lowest BCUT2D eigenvalue weighted by molar-refractivity contribution is 0.281. The van der Waals surface area contributed by atoms with Crippen LogP contribution < -0.4 is 4.74 Å². The Hall–Kier alpha value is -2.89. The molecule has 0 atom stereocenters. The molecule has 19 heavy (non-hydrogen) atoms. The number of benzene rings is 1. The number of aliphatic hydroxyl groups excluding tert-OH is 1. The van der Waals surface area contributed by atoms with Crippen LogP contribution in [0.15, 0.2) is 36.7 Å². The molecule has 1 aromatic heterocycles. The van der Waals surface area contributed by atoms with Crippen LogP contribution in [-0.2, 0) is 6.61 Å². The van der Waals surface area contributed by atoms with Crippen LogP contribution in [0, 0.1) is 22.7 Å². The Kier molecular flexibility index (Phi) is 3.72. The van der Waals surface area contributed by atoms with Crippen LogP contribution in [0.2, 0.25) is 0 Å². The Morgan fingerprint density at radius 1 is 1.16 bits per heavy atom. The highest BCUT2D eigenvalue weighted by Gasteiger charge is 2.06. The van der Waals surface area contributed by atoms with Crippen LogP contribution in [0.1, 0.15) is 16.7 Å². The summed E-state index contributed by atoms with van der Waals surface area (Å²) in [6.07, 6.45) is 2.88. The van der Waals surface area contributed by atoms with Gasteiger partial charge in [-0.25, -0.2) is 0 Å². The maximum absolute atomic E-state index is 9.04. The van der Waals surface area contributed by atoms with Crippen molar-refractivity contribution in [2.45, 2.75) is 6.61 Å². The average Bonchev–Trinajstić information content (AvgIpc) is 2.48. The fourth-order valence-electron chi connectivity index (χ4n) is 1.51. The third kappa shape index (κ3) is 2.86. The molecule has 0 bridgehead atoms. The largest absolute Gasteiger partial charge is 0.454 e. The van der Waals surface area contributed by atoms with Gasteiger partial charge in [0.2, 0.25) is 0 Å². The van der Waals surface area contributed by atoms with Gasteiger partial charge in [0.1, 0.15) is 23.6 Å². The van der Waals surface area contributed by atoms with Crippen molar-refractivity contribution >= 4 is 0 Å². The van der Waals surface area contributed by atoms with Crippen molar-refractivity contribution in [3.63, 3.8) is 0 Å². The molecule has 2 aromatic rings. The van der Waals surface area contributed by atoms with E-state index < -0.39 is 0 Å². The van der Waals surface area contributed by atoms with Crippen molar-refractivity contribution in [1.82, 2.24) is 4.98 Å². The van der Waals surface area contributed by atoms with Crippen molar-refractivity contribution in [2.24, 2.45) is 0 Å². The zero-order valence-electron chi connectivity index (χ0n) is 9.87. The summed E-state index contributed by atoms with van der Waals surface area (Å²) >= 11 is 0. The summed E-state index contributed by atoms with van der Waals surface area (Å²) in [5.41, 5.74) is 1.32. The minimum Gasteiger partial charge on any atom is -0.454 e. The van der Waals surface area contributed by atoms with E-state index in [0.29, 0.717) is 28.2 Å². The molecule has 0 fully saturated rings. The van der Waals surface area contributed by atoms with Gasteiger partial charge in [-0.2, -0.15) is 10.5 Å². The van der Waals surface area contributed by atoms with Gasteiger partial charge in [-0.05, 0) is 17.7 Å². The molecule has 0 amide bonds. The van der Waals surface area contributed by atoms with E-state index in [0.717, 1.165) is 0 Å². The third-order valence-electron chi connectivity index (χ3n) is 2.42. The van der Waals surface area contributed by atoms with E-state index in [1.807, 2.05) is 12.1 Å². The summed E-state index contributed by atoms with van der Waals surface area (Å²) in [6, 6.07) is 10.3. The molecule has 92 valence electrons. The molecule has 5 heteroatoms. The molecule has 1 aromatic carbocycles. The highest BCUT2D eigenvalue weighted by atomic mass is 16.5. The predicted molar refractivity (Wildman–Crippen MR) is 66.1 cm³/mol. The molecule has 0 spiro atoms. The number of nitriles is 2. The lowest BCUT2D eigenvalue weighted by Crippen LogP contribution is -1.92. The summed E-state index contributed by atoms with van der Waals surface area (Å²) < 4.78 is 5.52. The maximum Gasteiger partial charge on any atom is 0.147 e. The van der Waals surface area contributed by atoms with E-state index in [-0.39, 0.29) is 6.61 Å². The quantitative estimate of drug-likeness (QED) is 0.902. The van der Waals surface area contributed by atoms with E-state index in [9.17, 15) is 0 Å². The Bertz CT molecular complexity index is 684. The second-order valence-electron chi connectivity index (χ2n) is 3.72. The summed E-state index contributed by atoms with van der Waals surface area (Å²) in [4.78, 5) is 3.87. The normalized spacial score (nSPS) is 9.42. The van der Waals surface area contributed by atoms with Crippen LogP contribution >= 0.6 is 0 Å². The number of hydrogen-bond donors (Lipinski definition) is 1. The van der Waals surface area contributed by atoms with Crippen LogP contribution in [0.4, 0.5) is 0 Å². The van der Waals surface area contributed by atoms with Gasteiger partial charge in [0.15, 0.2) is 0 Å². The first-order valence-corrected chi connectivity index (χ1v) is 5.43. The van der Waals surface area contributed by atoms with E-state index in [2.05, 4.69) is 4.98 Å². The SMILES string of the molecule is N#Cc1cncc(Oc2ccc(CO)cc2C#N)c1. The van der Waals surface area contributed by atoms with Crippen LogP contribution in [-0.4, -0.2) is 10.1 Å². The van der Waals surface area contributed by atoms with Crippen molar-refractivity contribution in [2.75, 3.05) is 0 Å². The number of hydrogen-bond acceptors (Lipinski definition) is 5. The van der Waals surface area contributed by atoms with Gasteiger partial charge in [-0.3, -0.25) is 4.98 Å². The summed E-state index contributed by atoms with van der Waals surface area (Å²) in [5.74, 6) is 0.740. The monoisotopic (exact) mass is 251 g/mol. The van der Waals surface area contributed by atoms with Crippen LogP contribution in [0.25, 0.3) is 0 Å². The zero-order chi connectivity index (χ0) is 13.7. The van der Waals surface area contributed by atoms with Gasteiger partial charge in [0.05, 0.1) is 23.9 Å². The zero-order valence-corrected chi connectivity index (χ0v) is 9.87. The minimum absolute atomic E-state index is 0.138. The van der Waals surface area contributed by atoms with E-state index >= 15 is 0 Å². The highest BCUT2D eigenvalue weighted by Crippen LogP contribution is 2.25. The number of ether oxygens (including phenoxy) is 1. The van der Waals surface area contributed by atoms with E-state index in [1.54, 1.807) is 18.2 Å². The van der Waals surface area contributed by atoms with Crippen molar-refractivity contribution in [3.05, 3.63) is 53.3 Å². The number of aromatic nitrogens is 1. The molecule has 0 aliphatic rings. The van der Waals surface area contributed by atoms with Crippen molar-refractivity contribution in [1.29, 1.82) is 10.5 Å². The van der Waals surface area contributed by atoms with Gasteiger partial charge < -0.3 is 9.84 Å². The van der Waals surface area contributed by atoms with Gasteiger partial charge in [0, 0.05) is 12.3 Å². The fourth-order valence-corrected chi connectivity index (χ4v) is 1.51. The fraction of sp³-hybridized carbons (Fsp3) is 0.0714. The molecule has 0 aliphatic heterocycles. The van der Waals surface area contributed by atoms with Crippen LogP contribution in [0.3, 0.4) is 0 Å². The van der Waals surface area contributed by atoms with Crippen molar-refractivity contribution < 1.29 is 9.84 Å². The Morgan fingerprint density at radius 3 is 2.68 bits per heavy atom. The Balaban J connectivity index is 2.33. The Labute approximate surface area is 109 Å². The number of aliphatic hydroxyl groups is 1. The molecule has 1 heterocycles. The van der Waals surface area contributed by atoms with Crippen LogP contribution in [0.5, 0.6) is 11.5 Å². The molecule has 0 unspecified atom stereocenters. The predicted octanol–water partition coefficient (Wildman–Crippen LogP) is 2.11. The molecule has 5 nitrogen and oxygen atoms in total. The van der Waals surface area contributed by atoms with Crippen molar-refractivity contribution in [3.8, 4) is 23.6 Å². The second-order valence-corrected chi connectivity index (χ2v) is 3.72. The van der Waals surface area contributed by atoms with Gasteiger partial charge in [-0.15, -0.1) is 0 Å². The Morgan fingerprint density at radius 2 is 2.00 bits per heavy atom. The molecular weight excluding hydrogens is 242 g/mol. The van der Waals surface area contributed by atoms with Gasteiger partial charge >= 0.3 is 0 Å².